The van der Waals surface area contributed by atoms with E-state index in [9.17, 15) is 9.59 Å². The van der Waals surface area contributed by atoms with E-state index in [-0.39, 0.29) is 24.1 Å². The molecule has 2 amide bonds. The molecule has 2 saturated heterocycles. The van der Waals surface area contributed by atoms with E-state index < -0.39 is 5.60 Å². The summed E-state index contributed by atoms with van der Waals surface area (Å²) in [4.78, 5) is 29.2. The van der Waals surface area contributed by atoms with Gasteiger partial charge in [0, 0.05) is 50.1 Å². The maximum absolute atomic E-state index is 12.8. The van der Waals surface area contributed by atoms with Crippen molar-refractivity contribution in [2.24, 2.45) is 11.8 Å². The van der Waals surface area contributed by atoms with Gasteiger partial charge in [0.25, 0.3) is 5.91 Å². The van der Waals surface area contributed by atoms with Gasteiger partial charge in [-0.25, -0.2) is 4.79 Å². The van der Waals surface area contributed by atoms with Gasteiger partial charge in [0.05, 0.1) is 16.7 Å². The molecule has 11 heteroatoms. The molecule has 1 N–H and O–H groups in total. The minimum absolute atomic E-state index is 0.0346. The Labute approximate surface area is 239 Å². The van der Waals surface area contributed by atoms with E-state index >= 15 is 0 Å². The Balaban J connectivity index is 1.06. The first-order valence-electron chi connectivity index (χ1n) is 13.8. The van der Waals surface area contributed by atoms with Crippen LogP contribution in [0.3, 0.4) is 0 Å². The molecule has 1 aromatic carbocycles. The van der Waals surface area contributed by atoms with Crippen molar-refractivity contribution in [3.63, 3.8) is 0 Å². The van der Waals surface area contributed by atoms with Crippen LogP contribution in [0.5, 0.6) is 5.75 Å². The average molecular weight is 567 g/mol. The van der Waals surface area contributed by atoms with E-state index in [4.69, 9.17) is 26.3 Å². The molecular weight excluding hydrogens is 532 g/mol. The molecule has 1 saturated carbocycles. The van der Waals surface area contributed by atoms with E-state index in [2.05, 4.69) is 20.4 Å². The van der Waals surface area contributed by atoms with Gasteiger partial charge in [-0.1, -0.05) is 11.6 Å². The molecule has 5 rings (SSSR count). The average Bonchev–Trinajstić information content (AvgIpc) is 3.49. The molecule has 40 heavy (non-hydrogen) atoms. The molecule has 2 unspecified atom stereocenters. The Morgan fingerprint density at radius 3 is 2.30 bits per heavy atom. The number of nitrogens with zero attached hydrogens (tertiary/aromatic N) is 5. The third-order valence-corrected chi connectivity index (χ3v) is 8.03. The van der Waals surface area contributed by atoms with Gasteiger partial charge in [0.2, 0.25) is 0 Å². The molecule has 3 heterocycles. The van der Waals surface area contributed by atoms with Crippen LogP contribution in [-0.2, 0) is 4.74 Å². The number of anilines is 1. The molecule has 3 fully saturated rings. The number of rotatable bonds is 5. The third kappa shape index (κ3) is 6.58. The van der Waals surface area contributed by atoms with Crippen molar-refractivity contribution in [1.82, 2.24) is 20.4 Å². The van der Waals surface area contributed by atoms with Crippen molar-refractivity contribution in [2.45, 2.75) is 64.2 Å². The second-order valence-electron chi connectivity index (χ2n) is 11.9. The Kier molecular flexibility index (Phi) is 8.04. The molecule has 0 radical (unpaired) electrons. The van der Waals surface area contributed by atoms with Gasteiger partial charge in [-0.15, -0.1) is 10.2 Å². The predicted molar refractivity (Wildman–Crippen MR) is 149 cm³/mol. The van der Waals surface area contributed by atoms with Crippen LogP contribution < -0.4 is 15.0 Å². The van der Waals surface area contributed by atoms with Crippen LogP contribution in [0.25, 0.3) is 0 Å². The van der Waals surface area contributed by atoms with Crippen LogP contribution in [0.1, 0.15) is 62.5 Å². The lowest BCUT2D eigenvalue weighted by molar-refractivity contribution is 0.0282. The summed E-state index contributed by atoms with van der Waals surface area (Å²) in [5, 5.41) is 21.0. The van der Waals surface area contributed by atoms with E-state index in [1.807, 2.05) is 32.9 Å². The molecule has 2 atom stereocenters. The smallest absolute Gasteiger partial charge is 0.410 e. The summed E-state index contributed by atoms with van der Waals surface area (Å²) >= 11 is 6.11. The van der Waals surface area contributed by atoms with Crippen LogP contribution in [0.4, 0.5) is 10.6 Å². The summed E-state index contributed by atoms with van der Waals surface area (Å²) in [5.41, 5.74) is 0.219. The van der Waals surface area contributed by atoms with Crippen molar-refractivity contribution in [2.75, 3.05) is 31.1 Å². The summed E-state index contributed by atoms with van der Waals surface area (Å²) in [7, 11) is 0. The van der Waals surface area contributed by atoms with Crippen molar-refractivity contribution < 1.29 is 19.1 Å². The fraction of sp³-hybridized carbons (Fsp3) is 0.552. The molecule has 2 aromatic rings. The number of nitrogens with one attached hydrogen (secondary N) is 1. The number of carbonyl (C=O) groups excluding carboxylic acids is 2. The molecule has 1 aromatic heterocycles. The van der Waals surface area contributed by atoms with Crippen LogP contribution >= 0.6 is 11.6 Å². The zero-order valence-electron chi connectivity index (χ0n) is 23.1. The fourth-order valence-corrected chi connectivity index (χ4v) is 5.92. The minimum atomic E-state index is -0.499. The number of likely N-dealkylation sites (tertiary alicyclic amines) is 1. The second-order valence-corrected chi connectivity index (χ2v) is 12.3. The molecular formula is C29H35ClN6O4. The highest BCUT2D eigenvalue weighted by Crippen LogP contribution is 2.34. The normalized spacial score (nSPS) is 24.3. The van der Waals surface area contributed by atoms with E-state index in [1.54, 1.807) is 29.2 Å². The SMILES string of the molecule is CC(C)(C)OC(=O)N1CC2CN(c3ccc(C(=O)N[C@H]4CC[C@H](Oc5ccc(C#N)c(Cl)c5)CC4)nn3)CC2C1. The summed E-state index contributed by atoms with van der Waals surface area (Å²) in [6.45, 7) is 8.59. The van der Waals surface area contributed by atoms with Gasteiger partial charge < -0.3 is 24.6 Å². The van der Waals surface area contributed by atoms with Crippen LogP contribution in [-0.4, -0.2) is 71.0 Å². The zero-order chi connectivity index (χ0) is 28.4. The highest BCUT2D eigenvalue weighted by molar-refractivity contribution is 6.31. The molecule has 212 valence electrons. The summed E-state index contributed by atoms with van der Waals surface area (Å²) in [5.74, 6) is 1.90. The highest BCUT2D eigenvalue weighted by Gasteiger charge is 2.43. The molecule has 10 nitrogen and oxygen atoms in total. The van der Waals surface area contributed by atoms with E-state index in [0.29, 0.717) is 47.0 Å². The van der Waals surface area contributed by atoms with Gasteiger partial charge in [-0.2, -0.15) is 5.26 Å². The van der Waals surface area contributed by atoms with E-state index in [1.165, 1.54) is 0 Å². The van der Waals surface area contributed by atoms with Crippen LogP contribution in [0, 0.1) is 23.2 Å². The molecule has 3 aliphatic rings. The second kappa shape index (κ2) is 11.5. The summed E-state index contributed by atoms with van der Waals surface area (Å²) in [6, 6.07) is 10.7. The number of carbonyl (C=O) groups is 2. The molecule has 2 aliphatic heterocycles. The quantitative estimate of drug-likeness (QED) is 0.564. The van der Waals surface area contributed by atoms with Gasteiger partial charge in [0.1, 0.15) is 17.4 Å². The number of amides is 2. The molecule has 0 spiro atoms. The number of halogens is 1. The van der Waals surface area contributed by atoms with E-state index in [0.717, 1.165) is 44.6 Å². The van der Waals surface area contributed by atoms with Gasteiger partial charge in [-0.3, -0.25) is 4.79 Å². The topological polar surface area (TPSA) is 121 Å². The zero-order valence-corrected chi connectivity index (χ0v) is 23.9. The van der Waals surface area contributed by atoms with Gasteiger partial charge in [-0.05, 0) is 70.7 Å². The third-order valence-electron chi connectivity index (χ3n) is 7.72. The lowest BCUT2D eigenvalue weighted by Gasteiger charge is -2.29. The Morgan fingerprint density at radius 2 is 1.73 bits per heavy atom. The monoisotopic (exact) mass is 566 g/mol. The summed E-state index contributed by atoms with van der Waals surface area (Å²) < 4.78 is 11.6. The molecule has 0 bridgehead atoms. The van der Waals surface area contributed by atoms with Crippen LogP contribution in [0.15, 0.2) is 30.3 Å². The maximum Gasteiger partial charge on any atom is 0.410 e. The maximum atomic E-state index is 12.8. The first kappa shape index (κ1) is 28.0. The Hall–Kier alpha value is -3.58. The summed E-state index contributed by atoms with van der Waals surface area (Å²) in [6.07, 6.45) is 2.98. The highest BCUT2D eigenvalue weighted by atomic mass is 35.5. The van der Waals surface area contributed by atoms with Crippen molar-refractivity contribution >= 4 is 29.4 Å². The Bertz CT molecular complexity index is 1270. The number of ether oxygens (including phenoxy) is 2. The lowest BCUT2D eigenvalue weighted by atomic mass is 9.93. The van der Waals surface area contributed by atoms with Gasteiger partial charge >= 0.3 is 6.09 Å². The van der Waals surface area contributed by atoms with Crippen molar-refractivity contribution in [1.29, 1.82) is 5.26 Å². The number of hydrogen-bond acceptors (Lipinski definition) is 8. The first-order valence-corrected chi connectivity index (χ1v) is 14.2. The Morgan fingerprint density at radius 1 is 1.02 bits per heavy atom. The lowest BCUT2D eigenvalue weighted by Crippen LogP contribution is -2.40. The fourth-order valence-electron chi connectivity index (χ4n) is 5.71. The number of aromatic nitrogens is 2. The van der Waals surface area contributed by atoms with Gasteiger partial charge in [0.15, 0.2) is 11.5 Å². The minimum Gasteiger partial charge on any atom is -0.490 e. The first-order chi connectivity index (χ1) is 19.1. The number of nitriles is 1. The number of fused-ring (bicyclic) bond motifs is 1. The molecule has 1 aliphatic carbocycles. The number of benzene rings is 1. The predicted octanol–water partition coefficient (Wildman–Crippen LogP) is 4.42. The van der Waals surface area contributed by atoms with Crippen molar-refractivity contribution in [3.8, 4) is 11.8 Å². The largest absolute Gasteiger partial charge is 0.490 e. The number of hydrogen-bond donors (Lipinski definition) is 1. The van der Waals surface area contributed by atoms with Crippen molar-refractivity contribution in [3.05, 3.63) is 46.6 Å². The standard InChI is InChI=1S/C29H35ClN6O4/c1-29(2,3)40-28(38)36-16-19-14-35(15-20(19)17-36)26-11-10-25(33-34-26)27(37)32-21-5-8-22(9-6-21)39-23-7-4-18(13-31)24(30)12-23/h4,7,10-12,19-22H,5-6,8-9,14-17H2,1-3H3,(H,32,37)/t19?,20?,21-,22-. The van der Waals surface area contributed by atoms with Crippen LogP contribution in [0.2, 0.25) is 5.02 Å².